The summed E-state index contributed by atoms with van der Waals surface area (Å²) < 4.78 is 12.8. The number of benzene rings is 2. The van der Waals surface area contributed by atoms with Crippen molar-refractivity contribution in [3.05, 3.63) is 71.7 Å². The predicted molar refractivity (Wildman–Crippen MR) is 112 cm³/mol. The van der Waals surface area contributed by atoms with Crippen LogP contribution in [0.25, 0.3) is 27.9 Å². The lowest BCUT2D eigenvalue weighted by Crippen LogP contribution is -2.06. The molecule has 0 N–H and O–H groups in total. The van der Waals surface area contributed by atoms with Crippen molar-refractivity contribution in [1.29, 1.82) is 0 Å². The lowest BCUT2D eigenvalue weighted by Gasteiger charge is -2.09. The number of nitroso groups, excluding NO2 is 1. The highest BCUT2D eigenvalue weighted by molar-refractivity contribution is 5.85. The Kier molecular flexibility index (Phi) is 4.64. The molecule has 0 aliphatic heterocycles. The van der Waals surface area contributed by atoms with Crippen LogP contribution in [0.3, 0.4) is 0 Å². The van der Waals surface area contributed by atoms with Crippen molar-refractivity contribution in [2.75, 3.05) is 7.11 Å². The van der Waals surface area contributed by atoms with Crippen LogP contribution in [-0.2, 0) is 6.61 Å². The summed E-state index contributed by atoms with van der Waals surface area (Å²) >= 11 is 0. The van der Waals surface area contributed by atoms with Gasteiger partial charge in [-0.05, 0) is 35.5 Å². The largest absolute Gasteiger partial charge is 0.497 e. The topological polar surface area (TPSA) is 117 Å². The summed E-state index contributed by atoms with van der Waals surface area (Å²) in [7, 11) is 1.61. The van der Waals surface area contributed by atoms with Crippen LogP contribution < -0.4 is 9.47 Å². The molecule has 0 radical (unpaired) electrons. The molecule has 0 aliphatic rings. The summed E-state index contributed by atoms with van der Waals surface area (Å²) in [6.07, 6.45) is 3.24. The smallest absolute Gasteiger partial charge is 0.272 e. The van der Waals surface area contributed by atoms with E-state index in [1.165, 1.54) is 4.52 Å². The minimum absolute atomic E-state index is 0.125. The number of aromatic nitrogens is 6. The molecule has 5 rings (SSSR count). The molecule has 10 nitrogen and oxygen atoms in total. The van der Waals surface area contributed by atoms with E-state index >= 15 is 0 Å². The first-order valence-electron chi connectivity index (χ1n) is 9.32. The number of ether oxygens (including phenoxy) is 2. The molecule has 0 fully saturated rings. The Balaban J connectivity index is 1.46. The molecule has 0 bridgehead atoms. The summed E-state index contributed by atoms with van der Waals surface area (Å²) in [6, 6.07) is 14.2. The summed E-state index contributed by atoms with van der Waals surface area (Å²) in [5.41, 5.74) is 2.34. The van der Waals surface area contributed by atoms with E-state index in [0.29, 0.717) is 34.3 Å². The van der Waals surface area contributed by atoms with Crippen molar-refractivity contribution in [3.8, 4) is 22.8 Å². The predicted octanol–water partition coefficient (Wildman–Crippen LogP) is 3.72. The second-order valence-electron chi connectivity index (χ2n) is 6.59. The molecule has 3 aromatic heterocycles. The standard InChI is InChI=1S/C21H15N7O3/c1-30-15-5-6-16-17(10-15)22-8-7-19(16)31-12-20-24-25-21-23-11-18(26-28(20)21)13-3-2-4-14(9-13)27-29/h2-11H,12H2,1H3. The Labute approximate surface area is 175 Å². The van der Waals surface area contributed by atoms with E-state index in [1.807, 2.05) is 24.3 Å². The van der Waals surface area contributed by atoms with Crippen molar-refractivity contribution in [3.63, 3.8) is 0 Å². The molecular weight excluding hydrogens is 398 g/mol. The van der Waals surface area contributed by atoms with E-state index in [1.54, 1.807) is 43.8 Å². The third-order valence-corrected chi connectivity index (χ3v) is 4.71. The fourth-order valence-corrected chi connectivity index (χ4v) is 3.18. The number of hydrogen-bond acceptors (Lipinski definition) is 9. The average Bonchev–Trinajstić information content (AvgIpc) is 3.24. The van der Waals surface area contributed by atoms with Crippen LogP contribution in [-0.4, -0.2) is 36.9 Å². The average molecular weight is 413 g/mol. The second kappa shape index (κ2) is 7.75. The first-order valence-corrected chi connectivity index (χ1v) is 9.32. The Morgan fingerprint density at radius 3 is 2.87 bits per heavy atom. The van der Waals surface area contributed by atoms with Gasteiger partial charge in [-0.15, -0.1) is 15.1 Å². The molecule has 0 unspecified atom stereocenters. The maximum absolute atomic E-state index is 10.8. The normalized spacial score (nSPS) is 11.0. The van der Waals surface area contributed by atoms with Crippen molar-refractivity contribution < 1.29 is 9.47 Å². The van der Waals surface area contributed by atoms with Crippen molar-refractivity contribution in [2.24, 2.45) is 5.18 Å². The monoisotopic (exact) mass is 413 g/mol. The Hall–Kier alpha value is -4.47. The minimum atomic E-state index is 0.125. The molecule has 0 amide bonds. The third-order valence-electron chi connectivity index (χ3n) is 4.71. The number of fused-ring (bicyclic) bond motifs is 2. The van der Waals surface area contributed by atoms with Gasteiger partial charge < -0.3 is 9.47 Å². The zero-order valence-electron chi connectivity index (χ0n) is 16.3. The van der Waals surface area contributed by atoms with Crippen molar-refractivity contribution in [1.82, 2.24) is 29.8 Å². The van der Waals surface area contributed by atoms with E-state index in [0.717, 1.165) is 16.7 Å². The van der Waals surface area contributed by atoms with Crippen LogP contribution in [0.15, 0.2) is 66.1 Å². The number of methoxy groups -OCH3 is 1. The van der Waals surface area contributed by atoms with Gasteiger partial charge in [0.1, 0.15) is 29.5 Å². The van der Waals surface area contributed by atoms with Gasteiger partial charge in [-0.2, -0.15) is 9.61 Å². The van der Waals surface area contributed by atoms with Gasteiger partial charge in [0.2, 0.25) is 0 Å². The molecule has 0 spiro atoms. The molecule has 31 heavy (non-hydrogen) atoms. The van der Waals surface area contributed by atoms with Gasteiger partial charge in [0.15, 0.2) is 5.82 Å². The molecule has 3 heterocycles. The lowest BCUT2D eigenvalue weighted by molar-refractivity contribution is 0.296. The molecule has 0 saturated carbocycles. The van der Waals surface area contributed by atoms with E-state index in [2.05, 4.69) is 30.4 Å². The van der Waals surface area contributed by atoms with Crippen molar-refractivity contribution in [2.45, 2.75) is 6.61 Å². The minimum Gasteiger partial charge on any atom is -0.497 e. The van der Waals surface area contributed by atoms with E-state index in [-0.39, 0.29) is 6.61 Å². The maximum Gasteiger partial charge on any atom is 0.272 e. The lowest BCUT2D eigenvalue weighted by atomic mass is 10.1. The van der Waals surface area contributed by atoms with Gasteiger partial charge in [-0.25, -0.2) is 4.98 Å². The summed E-state index contributed by atoms with van der Waals surface area (Å²) in [4.78, 5) is 19.5. The van der Waals surface area contributed by atoms with Crippen LogP contribution in [0, 0.1) is 4.91 Å². The highest BCUT2D eigenvalue weighted by Crippen LogP contribution is 2.28. The molecule has 5 aromatic rings. The SMILES string of the molecule is COc1ccc2c(OCc3nnc4ncc(-c5cccc(N=O)c5)nn34)ccnc2c1. The fraction of sp³-hybridized carbons (Fsp3) is 0.0952. The second-order valence-corrected chi connectivity index (χ2v) is 6.59. The zero-order valence-corrected chi connectivity index (χ0v) is 16.3. The maximum atomic E-state index is 10.8. The van der Waals surface area contributed by atoms with Gasteiger partial charge in [0.05, 0.1) is 18.8 Å². The summed E-state index contributed by atoms with van der Waals surface area (Å²) in [5.74, 6) is 2.19. The molecule has 2 aromatic carbocycles. The summed E-state index contributed by atoms with van der Waals surface area (Å²) in [5, 5.41) is 16.6. The first kappa shape index (κ1) is 18.6. The quantitative estimate of drug-likeness (QED) is 0.387. The van der Waals surface area contributed by atoms with E-state index in [4.69, 9.17) is 9.47 Å². The first-order chi connectivity index (χ1) is 15.2. The molecule has 10 heteroatoms. The Morgan fingerprint density at radius 2 is 2.00 bits per heavy atom. The molecule has 152 valence electrons. The molecular formula is C21H15N7O3. The van der Waals surface area contributed by atoms with Crippen molar-refractivity contribution >= 4 is 22.4 Å². The summed E-state index contributed by atoms with van der Waals surface area (Å²) in [6.45, 7) is 0.125. The molecule has 0 aliphatic carbocycles. The highest BCUT2D eigenvalue weighted by Gasteiger charge is 2.12. The van der Waals surface area contributed by atoms with Gasteiger partial charge in [-0.1, -0.05) is 12.1 Å². The fourth-order valence-electron chi connectivity index (χ4n) is 3.18. The van der Waals surface area contributed by atoms with Crippen LogP contribution in [0.2, 0.25) is 0 Å². The Morgan fingerprint density at radius 1 is 1.06 bits per heavy atom. The van der Waals surface area contributed by atoms with Crippen LogP contribution in [0.4, 0.5) is 5.69 Å². The number of pyridine rings is 1. The number of nitrogens with zero attached hydrogens (tertiary/aromatic N) is 7. The number of rotatable bonds is 6. The zero-order chi connectivity index (χ0) is 21.2. The van der Waals surface area contributed by atoms with Crippen LogP contribution in [0.5, 0.6) is 11.5 Å². The third kappa shape index (κ3) is 3.50. The van der Waals surface area contributed by atoms with Crippen LogP contribution >= 0.6 is 0 Å². The van der Waals surface area contributed by atoms with Gasteiger partial charge in [0, 0.05) is 23.2 Å². The van der Waals surface area contributed by atoms with E-state index < -0.39 is 0 Å². The van der Waals surface area contributed by atoms with Crippen LogP contribution in [0.1, 0.15) is 5.82 Å². The molecule has 0 atom stereocenters. The van der Waals surface area contributed by atoms with Gasteiger partial charge in [-0.3, -0.25) is 4.98 Å². The van der Waals surface area contributed by atoms with E-state index in [9.17, 15) is 4.91 Å². The Bertz CT molecular complexity index is 1420. The van der Waals surface area contributed by atoms with Gasteiger partial charge >= 0.3 is 0 Å². The number of hydrogen-bond donors (Lipinski definition) is 0. The molecule has 0 saturated heterocycles. The van der Waals surface area contributed by atoms with Gasteiger partial charge in [0.25, 0.3) is 5.78 Å². The highest BCUT2D eigenvalue weighted by atomic mass is 16.5.